The number of hydrogen-bond acceptors (Lipinski definition) is 3. The van der Waals surface area contributed by atoms with E-state index in [1.54, 1.807) is 6.20 Å². The maximum absolute atomic E-state index is 11.9. The number of carbonyl (C=O) groups is 1. The molecule has 1 aromatic carbocycles. The molecule has 0 spiro atoms. The van der Waals surface area contributed by atoms with Crippen LogP contribution in [-0.2, 0) is 11.3 Å². The van der Waals surface area contributed by atoms with Gasteiger partial charge in [0.15, 0.2) is 0 Å². The highest BCUT2D eigenvalue weighted by Gasteiger charge is 2.16. The Kier molecular flexibility index (Phi) is 3.83. The van der Waals surface area contributed by atoms with Crippen molar-refractivity contribution in [3.63, 3.8) is 0 Å². The van der Waals surface area contributed by atoms with Gasteiger partial charge in [-0.1, -0.05) is 24.3 Å². The van der Waals surface area contributed by atoms with Crippen LogP contribution in [0.4, 0.5) is 0 Å². The van der Waals surface area contributed by atoms with Crippen molar-refractivity contribution >= 4 is 5.91 Å². The van der Waals surface area contributed by atoms with Crippen molar-refractivity contribution < 1.29 is 4.79 Å². The lowest BCUT2D eigenvalue weighted by molar-refractivity contribution is -0.122. The molecule has 2 aromatic rings. The number of aryl methyl sites for hydroxylation is 1. The summed E-state index contributed by atoms with van der Waals surface area (Å²) in [6.07, 6.45) is 7.57. The molecule has 3 rings (SSSR count). The van der Waals surface area contributed by atoms with Crippen molar-refractivity contribution in [2.24, 2.45) is 0 Å². The monoisotopic (exact) mass is 282 g/mol. The minimum Gasteiger partial charge on any atom is -0.350 e. The molecule has 21 heavy (non-hydrogen) atoms. The second kappa shape index (κ2) is 5.93. The number of nitrogens with one attached hydrogen (secondary N) is 2. The number of imidazole rings is 1. The highest BCUT2D eigenvalue weighted by molar-refractivity contribution is 5.84. The summed E-state index contributed by atoms with van der Waals surface area (Å²) in [5.74, 6) is 0.966. The third kappa shape index (κ3) is 3.03. The lowest BCUT2D eigenvalue weighted by Crippen LogP contribution is -2.40. The number of amides is 1. The van der Waals surface area contributed by atoms with Crippen molar-refractivity contribution in [1.29, 1.82) is 0 Å². The Labute approximate surface area is 123 Å². The highest BCUT2D eigenvalue weighted by Crippen LogP contribution is 2.11. The Morgan fingerprint density at radius 1 is 1.43 bits per heavy atom. The topological polar surface area (TPSA) is 59.0 Å². The van der Waals surface area contributed by atoms with Gasteiger partial charge in [0.2, 0.25) is 5.91 Å². The van der Waals surface area contributed by atoms with Crippen molar-refractivity contribution in [3.05, 3.63) is 60.2 Å². The zero-order chi connectivity index (χ0) is 14.7. The van der Waals surface area contributed by atoms with Crippen LogP contribution in [-0.4, -0.2) is 28.0 Å². The molecule has 5 heteroatoms. The van der Waals surface area contributed by atoms with Crippen molar-refractivity contribution in [2.45, 2.75) is 19.5 Å². The number of aromatic nitrogens is 2. The van der Waals surface area contributed by atoms with Crippen LogP contribution in [0.2, 0.25) is 0 Å². The Morgan fingerprint density at radius 3 is 2.86 bits per heavy atom. The molecule has 0 unspecified atom stereocenters. The van der Waals surface area contributed by atoms with Gasteiger partial charge in [0.1, 0.15) is 11.9 Å². The molecular formula is C16H18N4O. The van der Waals surface area contributed by atoms with E-state index in [1.807, 2.05) is 54.1 Å². The summed E-state index contributed by atoms with van der Waals surface area (Å²) in [5.41, 5.74) is 2.15. The van der Waals surface area contributed by atoms with Gasteiger partial charge in [-0.3, -0.25) is 10.1 Å². The molecule has 0 bridgehead atoms. The first-order valence-corrected chi connectivity index (χ1v) is 7.01. The third-order valence-electron chi connectivity index (χ3n) is 3.57. The molecule has 0 saturated carbocycles. The van der Waals surface area contributed by atoms with Crippen molar-refractivity contribution in [3.8, 4) is 5.69 Å². The maximum atomic E-state index is 11.9. The zero-order valence-electron chi connectivity index (χ0n) is 11.9. The maximum Gasteiger partial charge on any atom is 0.241 e. The van der Waals surface area contributed by atoms with Gasteiger partial charge in [0, 0.05) is 31.2 Å². The molecule has 1 aromatic heterocycles. The molecule has 2 N–H and O–H groups in total. The Morgan fingerprint density at radius 2 is 2.24 bits per heavy atom. The van der Waals surface area contributed by atoms with E-state index >= 15 is 0 Å². The fourth-order valence-electron chi connectivity index (χ4n) is 2.37. The van der Waals surface area contributed by atoms with Crippen molar-refractivity contribution in [2.75, 3.05) is 6.54 Å². The molecule has 0 saturated heterocycles. The SMILES string of the molecule is Cc1nccn1-c1ccc(CNC(=O)[C@H]2C=CCN2)cc1. The van der Waals surface area contributed by atoms with Crippen LogP contribution in [0.1, 0.15) is 11.4 Å². The highest BCUT2D eigenvalue weighted by atomic mass is 16.2. The number of benzene rings is 1. The average Bonchev–Trinajstić information content (AvgIpc) is 3.17. The van der Waals surface area contributed by atoms with Gasteiger partial charge in [-0.25, -0.2) is 4.98 Å². The Bertz CT molecular complexity index is 657. The molecule has 0 aliphatic carbocycles. The number of rotatable bonds is 4. The van der Waals surface area contributed by atoms with E-state index in [-0.39, 0.29) is 11.9 Å². The molecule has 5 nitrogen and oxygen atoms in total. The van der Waals surface area contributed by atoms with E-state index in [0.717, 1.165) is 23.6 Å². The van der Waals surface area contributed by atoms with E-state index in [0.29, 0.717) is 6.54 Å². The van der Waals surface area contributed by atoms with Crippen LogP contribution in [0.25, 0.3) is 5.69 Å². The number of hydrogen-bond donors (Lipinski definition) is 2. The van der Waals surface area contributed by atoms with Gasteiger partial charge in [-0.05, 0) is 24.6 Å². The van der Waals surface area contributed by atoms with Crippen LogP contribution in [0.15, 0.2) is 48.8 Å². The summed E-state index contributed by atoms with van der Waals surface area (Å²) in [7, 11) is 0. The molecule has 108 valence electrons. The summed E-state index contributed by atoms with van der Waals surface area (Å²) in [6, 6.07) is 7.91. The average molecular weight is 282 g/mol. The smallest absolute Gasteiger partial charge is 0.241 e. The van der Waals surface area contributed by atoms with Crippen LogP contribution in [0.5, 0.6) is 0 Å². The molecule has 0 fully saturated rings. The second-order valence-electron chi connectivity index (χ2n) is 5.04. The normalized spacial score (nSPS) is 17.1. The number of carbonyl (C=O) groups excluding carboxylic acids is 1. The van der Waals surface area contributed by atoms with Crippen LogP contribution in [0.3, 0.4) is 0 Å². The van der Waals surface area contributed by atoms with Crippen molar-refractivity contribution in [1.82, 2.24) is 20.2 Å². The molecular weight excluding hydrogens is 264 g/mol. The van der Waals surface area contributed by atoms with Gasteiger partial charge >= 0.3 is 0 Å². The Balaban J connectivity index is 1.61. The summed E-state index contributed by atoms with van der Waals surface area (Å²) < 4.78 is 2.02. The van der Waals surface area contributed by atoms with E-state index in [9.17, 15) is 4.79 Å². The predicted molar refractivity (Wildman–Crippen MR) is 81.1 cm³/mol. The van der Waals surface area contributed by atoms with Crippen LogP contribution in [0, 0.1) is 6.92 Å². The molecule has 1 atom stereocenters. The zero-order valence-corrected chi connectivity index (χ0v) is 11.9. The van der Waals surface area contributed by atoms with Gasteiger partial charge in [-0.2, -0.15) is 0 Å². The molecule has 2 heterocycles. The molecule has 1 aliphatic rings. The lowest BCUT2D eigenvalue weighted by Gasteiger charge is -2.11. The quantitative estimate of drug-likeness (QED) is 0.832. The summed E-state index contributed by atoms with van der Waals surface area (Å²) in [4.78, 5) is 16.1. The van der Waals surface area contributed by atoms with Gasteiger partial charge in [0.05, 0.1) is 0 Å². The second-order valence-corrected chi connectivity index (χ2v) is 5.04. The number of nitrogens with zero attached hydrogens (tertiary/aromatic N) is 2. The van der Waals surface area contributed by atoms with E-state index in [1.165, 1.54) is 0 Å². The summed E-state index contributed by atoms with van der Waals surface area (Å²) in [6.45, 7) is 3.27. The van der Waals surface area contributed by atoms with E-state index < -0.39 is 0 Å². The first-order valence-electron chi connectivity index (χ1n) is 7.01. The molecule has 1 aliphatic heterocycles. The van der Waals surface area contributed by atoms with Gasteiger partial charge in [0.25, 0.3) is 0 Å². The van der Waals surface area contributed by atoms with Crippen LogP contribution >= 0.6 is 0 Å². The standard InChI is InChI=1S/C16H18N4O/c1-12-17-9-10-20(12)14-6-4-13(5-7-14)11-19-16(21)15-3-2-8-18-15/h2-7,9-10,15,18H,8,11H2,1H3,(H,19,21)/t15-/m1/s1. The first kappa shape index (κ1) is 13.6. The fraction of sp³-hybridized carbons (Fsp3) is 0.250. The van der Waals surface area contributed by atoms with E-state index in [2.05, 4.69) is 15.6 Å². The molecule has 1 amide bonds. The van der Waals surface area contributed by atoms with Gasteiger partial charge in [-0.15, -0.1) is 0 Å². The Hall–Kier alpha value is -2.40. The fourth-order valence-corrected chi connectivity index (χ4v) is 2.37. The lowest BCUT2D eigenvalue weighted by atomic mass is 10.2. The summed E-state index contributed by atoms with van der Waals surface area (Å²) >= 11 is 0. The van der Waals surface area contributed by atoms with E-state index in [4.69, 9.17) is 0 Å². The summed E-state index contributed by atoms with van der Waals surface area (Å²) in [5, 5.41) is 6.03. The van der Waals surface area contributed by atoms with Crippen LogP contribution < -0.4 is 10.6 Å². The third-order valence-corrected chi connectivity index (χ3v) is 3.57. The minimum atomic E-state index is -0.196. The largest absolute Gasteiger partial charge is 0.350 e. The predicted octanol–water partition coefficient (Wildman–Crippen LogP) is 1.32. The minimum absolute atomic E-state index is 0.0123. The molecule has 0 radical (unpaired) electrons. The first-order chi connectivity index (χ1) is 10.2. The van der Waals surface area contributed by atoms with Gasteiger partial charge < -0.3 is 9.88 Å².